The number of fused-ring (bicyclic) bond motifs is 3. The summed E-state index contributed by atoms with van der Waals surface area (Å²) in [5, 5.41) is 4.16. The van der Waals surface area contributed by atoms with Crippen LogP contribution in [0.15, 0.2) is 36.7 Å². The van der Waals surface area contributed by atoms with Crippen molar-refractivity contribution in [2.75, 3.05) is 12.3 Å². The van der Waals surface area contributed by atoms with E-state index < -0.39 is 5.97 Å². The number of hydrogen-bond donors (Lipinski definition) is 1. The zero-order chi connectivity index (χ0) is 17.4. The van der Waals surface area contributed by atoms with Crippen LogP contribution in [0.2, 0.25) is 0 Å². The topological polar surface area (TPSA) is 95.9 Å². The summed E-state index contributed by atoms with van der Waals surface area (Å²) in [5.41, 5.74) is 10.4. The van der Waals surface area contributed by atoms with Crippen LogP contribution in [0.1, 0.15) is 28.4 Å². The van der Waals surface area contributed by atoms with E-state index in [4.69, 9.17) is 10.5 Å². The number of aromatic nitrogens is 4. The van der Waals surface area contributed by atoms with E-state index in [9.17, 15) is 4.79 Å². The van der Waals surface area contributed by atoms with Gasteiger partial charge in [0.25, 0.3) is 5.95 Å². The van der Waals surface area contributed by atoms with Gasteiger partial charge in [0.05, 0.1) is 18.5 Å². The Labute approximate surface area is 144 Å². The molecule has 7 heteroatoms. The Hall–Kier alpha value is -3.22. The molecule has 0 radical (unpaired) electrons. The maximum atomic E-state index is 11.9. The summed E-state index contributed by atoms with van der Waals surface area (Å²) in [6.07, 6.45) is 5.20. The molecule has 126 valence electrons. The SMILES string of the molecule is CCOC(=O)c1cn(-c2ncc3c(n2)-c2ccccc2CC3)nc1N. The van der Waals surface area contributed by atoms with E-state index in [-0.39, 0.29) is 18.0 Å². The highest BCUT2D eigenvalue weighted by Gasteiger charge is 2.21. The van der Waals surface area contributed by atoms with Crippen LogP contribution in [-0.4, -0.2) is 32.3 Å². The molecule has 1 aliphatic carbocycles. The number of ether oxygens (including phenoxy) is 1. The third-order valence-corrected chi connectivity index (χ3v) is 4.23. The second-order valence-electron chi connectivity index (χ2n) is 5.79. The lowest BCUT2D eigenvalue weighted by Crippen LogP contribution is -2.10. The monoisotopic (exact) mass is 335 g/mol. The molecule has 0 spiro atoms. The molecule has 1 aromatic carbocycles. The zero-order valence-electron chi connectivity index (χ0n) is 13.8. The van der Waals surface area contributed by atoms with Crippen LogP contribution < -0.4 is 5.73 Å². The molecule has 0 saturated heterocycles. The first-order chi connectivity index (χ1) is 12.2. The van der Waals surface area contributed by atoms with Gasteiger partial charge in [-0.3, -0.25) is 0 Å². The van der Waals surface area contributed by atoms with Gasteiger partial charge >= 0.3 is 5.97 Å². The number of benzene rings is 1. The molecule has 2 heterocycles. The molecule has 7 nitrogen and oxygen atoms in total. The molecule has 0 aliphatic heterocycles. The minimum atomic E-state index is -0.505. The summed E-state index contributed by atoms with van der Waals surface area (Å²) in [7, 11) is 0. The summed E-state index contributed by atoms with van der Waals surface area (Å²) in [5.74, 6) is -0.0348. The average molecular weight is 335 g/mol. The molecule has 25 heavy (non-hydrogen) atoms. The third-order valence-electron chi connectivity index (χ3n) is 4.23. The molecule has 0 bridgehead atoms. The lowest BCUT2D eigenvalue weighted by Gasteiger charge is -2.18. The minimum Gasteiger partial charge on any atom is -0.462 e. The van der Waals surface area contributed by atoms with Crippen LogP contribution in [0.5, 0.6) is 0 Å². The molecular formula is C18H17N5O2. The third kappa shape index (κ3) is 2.63. The largest absolute Gasteiger partial charge is 0.462 e. The van der Waals surface area contributed by atoms with E-state index in [0.717, 1.165) is 29.7 Å². The molecule has 0 atom stereocenters. The fraction of sp³-hybridized carbons (Fsp3) is 0.222. The van der Waals surface area contributed by atoms with Crippen LogP contribution in [0, 0.1) is 0 Å². The summed E-state index contributed by atoms with van der Waals surface area (Å²) in [6.45, 7) is 2.01. The molecule has 0 unspecified atom stereocenters. The number of aryl methyl sites for hydroxylation is 2. The van der Waals surface area contributed by atoms with Gasteiger partial charge in [-0.05, 0) is 30.9 Å². The number of carbonyl (C=O) groups excluding carboxylic acids is 1. The Balaban J connectivity index is 1.77. The van der Waals surface area contributed by atoms with Gasteiger partial charge in [-0.1, -0.05) is 24.3 Å². The normalized spacial score (nSPS) is 12.4. The minimum absolute atomic E-state index is 0.0974. The van der Waals surface area contributed by atoms with Crippen molar-refractivity contribution in [2.24, 2.45) is 0 Å². The number of anilines is 1. The number of nitrogen functional groups attached to an aromatic ring is 1. The second-order valence-corrected chi connectivity index (χ2v) is 5.79. The Kier molecular flexibility index (Phi) is 3.68. The van der Waals surface area contributed by atoms with Gasteiger partial charge in [0, 0.05) is 11.8 Å². The molecule has 2 N–H and O–H groups in total. The Morgan fingerprint density at radius 2 is 2.08 bits per heavy atom. The average Bonchev–Trinajstić information content (AvgIpc) is 3.03. The lowest BCUT2D eigenvalue weighted by atomic mass is 9.90. The lowest BCUT2D eigenvalue weighted by molar-refractivity contribution is 0.0527. The van der Waals surface area contributed by atoms with Crippen molar-refractivity contribution in [3.63, 3.8) is 0 Å². The summed E-state index contributed by atoms with van der Waals surface area (Å²) >= 11 is 0. The van der Waals surface area contributed by atoms with Crippen molar-refractivity contribution in [3.8, 4) is 17.2 Å². The smallest absolute Gasteiger partial charge is 0.343 e. The van der Waals surface area contributed by atoms with Crippen molar-refractivity contribution in [3.05, 3.63) is 53.3 Å². The highest BCUT2D eigenvalue weighted by Crippen LogP contribution is 2.31. The number of rotatable bonds is 3. The van der Waals surface area contributed by atoms with Gasteiger partial charge < -0.3 is 10.5 Å². The zero-order valence-corrected chi connectivity index (χ0v) is 13.8. The highest BCUT2D eigenvalue weighted by atomic mass is 16.5. The van der Waals surface area contributed by atoms with Crippen molar-refractivity contribution >= 4 is 11.8 Å². The number of nitrogens with zero attached hydrogens (tertiary/aromatic N) is 4. The first-order valence-electron chi connectivity index (χ1n) is 8.14. The van der Waals surface area contributed by atoms with Gasteiger partial charge in [0.2, 0.25) is 0 Å². The molecule has 4 rings (SSSR count). The first-order valence-corrected chi connectivity index (χ1v) is 8.14. The molecule has 0 fully saturated rings. The molecule has 0 saturated carbocycles. The van der Waals surface area contributed by atoms with E-state index in [1.165, 1.54) is 16.4 Å². The van der Waals surface area contributed by atoms with Crippen molar-refractivity contribution < 1.29 is 9.53 Å². The predicted octanol–water partition coefficient (Wildman–Crippen LogP) is 2.19. The van der Waals surface area contributed by atoms with Crippen LogP contribution >= 0.6 is 0 Å². The van der Waals surface area contributed by atoms with E-state index in [1.807, 2.05) is 18.3 Å². The highest BCUT2D eigenvalue weighted by molar-refractivity contribution is 5.94. The van der Waals surface area contributed by atoms with Gasteiger partial charge in [0.1, 0.15) is 5.56 Å². The fourth-order valence-corrected chi connectivity index (χ4v) is 3.02. The molecule has 0 amide bonds. The van der Waals surface area contributed by atoms with E-state index in [0.29, 0.717) is 5.95 Å². The number of hydrogen-bond acceptors (Lipinski definition) is 6. The van der Waals surface area contributed by atoms with Gasteiger partial charge in [-0.2, -0.15) is 0 Å². The second kappa shape index (κ2) is 6.01. The number of nitrogens with two attached hydrogens (primary N) is 1. The number of carbonyl (C=O) groups is 1. The van der Waals surface area contributed by atoms with Crippen molar-refractivity contribution in [1.82, 2.24) is 19.7 Å². The maximum absolute atomic E-state index is 11.9. The molecule has 1 aliphatic rings. The molecular weight excluding hydrogens is 318 g/mol. The van der Waals surface area contributed by atoms with Gasteiger partial charge in [-0.15, -0.1) is 5.10 Å². The Morgan fingerprint density at radius 3 is 2.92 bits per heavy atom. The predicted molar refractivity (Wildman–Crippen MR) is 92.4 cm³/mol. The standard InChI is InChI=1S/C18H17N5O2/c1-2-25-17(24)14-10-23(22-16(14)19)18-20-9-12-8-7-11-5-3-4-6-13(11)15(12)21-18/h3-6,9-10H,2,7-8H2,1H3,(H2,19,22). The van der Waals surface area contributed by atoms with Crippen LogP contribution in [-0.2, 0) is 17.6 Å². The van der Waals surface area contributed by atoms with E-state index >= 15 is 0 Å². The fourth-order valence-electron chi connectivity index (χ4n) is 3.02. The maximum Gasteiger partial charge on any atom is 0.343 e. The van der Waals surface area contributed by atoms with Gasteiger partial charge in [-0.25, -0.2) is 19.4 Å². The van der Waals surface area contributed by atoms with Crippen LogP contribution in [0.3, 0.4) is 0 Å². The first kappa shape index (κ1) is 15.3. The van der Waals surface area contributed by atoms with Crippen molar-refractivity contribution in [2.45, 2.75) is 19.8 Å². The quantitative estimate of drug-likeness (QED) is 0.737. The molecule has 2 aromatic heterocycles. The van der Waals surface area contributed by atoms with E-state index in [1.54, 1.807) is 6.92 Å². The summed E-state index contributed by atoms with van der Waals surface area (Å²) in [6, 6.07) is 8.21. The van der Waals surface area contributed by atoms with Gasteiger partial charge in [0.15, 0.2) is 5.82 Å². The summed E-state index contributed by atoms with van der Waals surface area (Å²) in [4.78, 5) is 21.0. The Bertz CT molecular complexity index is 964. The van der Waals surface area contributed by atoms with Crippen molar-refractivity contribution in [1.29, 1.82) is 0 Å². The summed E-state index contributed by atoms with van der Waals surface area (Å²) < 4.78 is 6.40. The van der Waals surface area contributed by atoms with Crippen LogP contribution in [0.25, 0.3) is 17.2 Å². The number of esters is 1. The van der Waals surface area contributed by atoms with Crippen LogP contribution in [0.4, 0.5) is 5.82 Å². The van der Waals surface area contributed by atoms with E-state index in [2.05, 4.69) is 27.2 Å². The Morgan fingerprint density at radius 1 is 1.28 bits per heavy atom. The molecule has 3 aromatic rings.